The normalized spacial score (nSPS) is 10.3. The van der Waals surface area contributed by atoms with Crippen LogP contribution in [0.3, 0.4) is 0 Å². The number of nitro groups is 1. The van der Waals surface area contributed by atoms with Crippen molar-refractivity contribution >= 4 is 5.69 Å². The van der Waals surface area contributed by atoms with Gasteiger partial charge in [-0.3, -0.25) is 15.0 Å². The molecule has 20 heavy (non-hydrogen) atoms. The molecule has 0 saturated carbocycles. The lowest BCUT2D eigenvalue weighted by Gasteiger charge is -2.18. The molecule has 0 amide bonds. The fraction of sp³-hybridized carbons (Fsp3) is 0.333. The van der Waals surface area contributed by atoms with Gasteiger partial charge in [0.25, 0.3) is 5.69 Å². The van der Waals surface area contributed by atoms with Gasteiger partial charge >= 0.3 is 0 Å². The zero-order valence-corrected chi connectivity index (χ0v) is 11.7. The standard InChI is InChI=1S/C15H20N2O3/c1-4-8-16(9-5-2)10-11-20-14-6-7-15(17(18)19)13(3)12-14/h4-7,12H,1-2,8-11H2,3H3. The second-order valence-corrected chi connectivity index (χ2v) is 4.39. The smallest absolute Gasteiger partial charge is 0.272 e. The first-order valence-corrected chi connectivity index (χ1v) is 6.40. The highest BCUT2D eigenvalue weighted by Gasteiger charge is 2.10. The summed E-state index contributed by atoms with van der Waals surface area (Å²) in [5, 5.41) is 10.7. The summed E-state index contributed by atoms with van der Waals surface area (Å²) in [6.07, 6.45) is 3.67. The van der Waals surface area contributed by atoms with E-state index in [9.17, 15) is 10.1 Å². The van der Waals surface area contributed by atoms with Crippen LogP contribution in [0, 0.1) is 17.0 Å². The molecule has 108 valence electrons. The van der Waals surface area contributed by atoms with Crippen molar-refractivity contribution in [2.75, 3.05) is 26.2 Å². The number of rotatable bonds is 9. The van der Waals surface area contributed by atoms with Gasteiger partial charge in [0.1, 0.15) is 12.4 Å². The highest BCUT2D eigenvalue weighted by atomic mass is 16.6. The number of nitrogens with zero attached hydrogens (tertiary/aromatic N) is 2. The van der Waals surface area contributed by atoms with Crippen LogP contribution in [0.4, 0.5) is 5.69 Å². The molecule has 0 aliphatic rings. The van der Waals surface area contributed by atoms with Gasteiger partial charge in [-0.15, -0.1) is 13.2 Å². The van der Waals surface area contributed by atoms with E-state index in [2.05, 4.69) is 18.1 Å². The Labute approximate surface area is 119 Å². The van der Waals surface area contributed by atoms with Gasteiger partial charge in [-0.25, -0.2) is 0 Å². The number of hydrogen-bond acceptors (Lipinski definition) is 4. The molecule has 1 aromatic carbocycles. The maximum Gasteiger partial charge on any atom is 0.272 e. The lowest BCUT2D eigenvalue weighted by Crippen LogP contribution is -2.28. The number of aryl methyl sites for hydroxylation is 1. The van der Waals surface area contributed by atoms with E-state index in [0.29, 0.717) is 17.9 Å². The number of nitro benzene ring substituents is 1. The topological polar surface area (TPSA) is 55.6 Å². The molecule has 0 N–H and O–H groups in total. The van der Waals surface area contributed by atoms with Gasteiger partial charge in [0.05, 0.1) is 4.92 Å². The molecule has 0 unspecified atom stereocenters. The van der Waals surface area contributed by atoms with E-state index < -0.39 is 4.92 Å². The predicted molar refractivity (Wildman–Crippen MR) is 80.2 cm³/mol. The molecule has 0 aromatic heterocycles. The number of hydrogen-bond donors (Lipinski definition) is 0. The molecular formula is C15H20N2O3. The lowest BCUT2D eigenvalue weighted by molar-refractivity contribution is -0.385. The molecule has 0 spiro atoms. The number of benzene rings is 1. The van der Waals surface area contributed by atoms with E-state index in [1.54, 1.807) is 19.1 Å². The summed E-state index contributed by atoms with van der Waals surface area (Å²) in [4.78, 5) is 12.5. The molecule has 0 atom stereocenters. The van der Waals surface area contributed by atoms with Crippen LogP contribution in [-0.2, 0) is 0 Å². The van der Waals surface area contributed by atoms with Gasteiger partial charge in [0, 0.05) is 31.3 Å². The molecule has 0 aliphatic carbocycles. The maximum absolute atomic E-state index is 10.7. The minimum Gasteiger partial charge on any atom is -0.492 e. The predicted octanol–water partition coefficient (Wildman–Crippen LogP) is 2.96. The maximum atomic E-state index is 10.7. The van der Waals surface area contributed by atoms with Crippen LogP contribution in [-0.4, -0.2) is 36.1 Å². The van der Waals surface area contributed by atoms with E-state index in [4.69, 9.17) is 4.74 Å². The van der Waals surface area contributed by atoms with Gasteiger partial charge in [-0.1, -0.05) is 12.2 Å². The fourth-order valence-corrected chi connectivity index (χ4v) is 1.84. The highest BCUT2D eigenvalue weighted by Crippen LogP contribution is 2.22. The number of ether oxygens (including phenoxy) is 1. The molecule has 0 bridgehead atoms. The first-order valence-electron chi connectivity index (χ1n) is 6.40. The Morgan fingerprint density at radius 2 is 2.00 bits per heavy atom. The molecule has 5 heteroatoms. The molecule has 1 aromatic rings. The van der Waals surface area contributed by atoms with Gasteiger partial charge in [-0.2, -0.15) is 0 Å². The Morgan fingerprint density at radius 3 is 2.50 bits per heavy atom. The van der Waals surface area contributed by atoms with E-state index in [0.717, 1.165) is 19.6 Å². The Morgan fingerprint density at radius 1 is 1.35 bits per heavy atom. The summed E-state index contributed by atoms with van der Waals surface area (Å²) >= 11 is 0. The Balaban J connectivity index is 2.53. The summed E-state index contributed by atoms with van der Waals surface area (Å²) < 4.78 is 5.61. The average Bonchev–Trinajstić information content (AvgIpc) is 2.39. The molecule has 0 radical (unpaired) electrons. The monoisotopic (exact) mass is 276 g/mol. The highest BCUT2D eigenvalue weighted by molar-refractivity contribution is 5.44. The quantitative estimate of drug-likeness (QED) is 0.395. The summed E-state index contributed by atoms with van der Waals surface area (Å²) in [6.45, 7) is 11.9. The second-order valence-electron chi connectivity index (χ2n) is 4.39. The summed E-state index contributed by atoms with van der Waals surface area (Å²) in [6, 6.07) is 4.77. The van der Waals surface area contributed by atoms with Crippen LogP contribution in [0.25, 0.3) is 0 Å². The van der Waals surface area contributed by atoms with Crippen molar-refractivity contribution in [3.8, 4) is 5.75 Å². The SMILES string of the molecule is C=CCN(CC=C)CCOc1ccc([N+](=O)[O-])c(C)c1. The third kappa shape index (κ3) is 4.85. The van der Waals surface area contributed by atoms with Gasteiger partial charge < -0.3 is 4.74 Å². The molecule has 0 fully saturated rings. The summed E-state index contributed by atoms with van der Waals surface area (Å²) in [5.74, 6) is 0.644. The van der Waals surface area contributed by atoms with Crippen LogP contribution < -0.4 is 4.74 Å². The van der Waals surface area contributed by atoms with Crippen LogP contribution in [0.15, 0.2) is 43.5 Å². The van der Waals surface area contributed by atoms with E-state index in [-0.39, 0.29) is 5.69 Å². The zero-order valence-electron chi connectivity index (χ0n) is 11.7. The van der Waals surface area contributed by atoms with Gasteiger partial charge in [0.15, 0.2) is 0 Å². The van der Waals surface area contributed by atoms with Crippen molar-refractivity contribution in [2.45, 2.75) is 6.92 Å². The summed E-state index contributed by atoms with van der Waals surface area (Å²) in [7, 11) is 0. The van der Waals surface area contributed by atoms with Crippen molar-refractivity contribution in [1.82, 2.24) is 4.90 Å². The Bertz CT molecular complexity index is 476. The molecule has 5 nitrogen and oxygen atoms in total. The molecule has 0 aliphatic heterocycles. The molecular weight excluding hydrogens is 256 g/mol. The zero-order chi connectivity index (χ0) is 15.0. The first kappa shape index (κ1) is 15.9. The van der Waals surface area contributed by atoms with Crippen molar-refractivity contribution < 1.29 is 9.66 Å². The van der Waals surface area contributed by atoms with Crippen LogP contribution in [0.5, 0.6) is 5.75 Å². The van der Waals surface area contributed by atoms with Crippen molar-refractivity contribution in [3.63, 3.8) is 0 Å². The third-order valence-corrected chi connectivity index (χ3v) is 2.82. The molecule has 1 rings (SSSR count). The van der Waals surface area contributed by atoms with Gasteiger partial charge in [-0.05, 0) is 19.1 Å². The van der Waals surface area contributed by atoms with Crippen molar-refractivity contribution in [1.29, 1.82) is 0 Å². The van der Waals surface area contributed by atoms with Crippen LogP contribution in [0.1, 0.15) is 5.56 Å². The molecule has 0 saturated heterocycles. The second kappa shape index (κ2) is 8.12. The average molecular weight is 276 g/mol. The van der Waals surface area contributed by atoms with E-state index in [1.807, 2.05) is 12.2 Å². The van der Waals surface area contributed by atoms with Crippen molar-refractivity contribution in [2.24, 2.45) is 0 Å². The van der Waals surface area contributed by atoms with Gasteiger partial charge in [0.2, 0.25) is 0 Å². The largest absolute Gasteiger partial charge is 0.492 e. The Hall–Kier alpha value is -2.14. The van der Waals surface area contributed by atoms with E-state index in [1.165, 1.54) is 6.07 Å². The Kier molecular flexibility index (Phi) is 6.46. The van der Waals surface area contributed by atoms with Crippen LogP contribution >= 0.6 is 0 Å². The minimum absolute atomic E-state index is 0.109. The van der Waals surface area contributed by atoms with Crippen molar-refractivity contribution in [3.05, 3.63) is 59.2 Å². The third-order valence-electron chi connectivity index (χ3n) is 2.82. The fourth-order valence-electron chi connectivity index (χ4n) is 1.84. The van der Waals surface area contributed by atoms with E-state index >= 15 is 0 Å². The van der Waals surface area contributed by atoms with Crippen LogP contribution in [0.2, 0.25) is 0 Å². The summed E-state index contributed by atoms with van der Waals surface area (Å²) in [5.41, 5.74) is 0.707. The lowest BCUT2D eigenvalue weighted by atomic mass is 10.2. The first-order chi connectivity index (χ1) is 9.58. The molecule has 0 heterocycles. The minimum atomic E-state index is -0.394.